The Bertz CT molecular complexity index is 265. The highest BCUT2D eigenvalue weighted by Crippen LogP contribution is 2.12. The largest absolute Gasteiger partial charge is 0.389 e. The van der Waals surface area contributed by atoms with Gasteiger partial charge >= 0.3 is 6.03 Å². The summed E-state index contributed by atoms with van der Waals surface area (Å²) in [4.78, 5) is 22.4. The molecule has 100 valence electrons. The van der Waals surface area contributed by atoms with Crippen molar-refractivity contribution in [3.05, 3.63) is 0 Å². The molecular formula is C11H23N3O3. The van der Waals surface area contributed by atoms with Crippen molar-refractivity contribution in [1.29, 1.82) is 0 Å². The molecule has 0 saturated carbocycles. The highest BCUT2D eigenvalue weighted by Gasteiger charge is 2.24. The first-order chi connectivity index (χ1) is 7.88. The fraction of sp³-hybridized carbons (Fsp3) is 0.818. The number of amides is 3. The zero-order valence-corrected chi connectivity index (χ0v) is 11.0. The first-order valence-corrected chi connectivity index (χ1v) is 5.86. The molecule has 0 aromatic carbocycles. The second-order valence-electron chi connectivity index (χ2n) is 4.10. The maximum absolute atomic E-state index is 11.5. The van der Waals surface area contributed by atoms with Crippen LogP contribution in [0.2, 0.25) is 0 Å². The molecule has 1 unspecified atom stereocenters. The van der Waals surface area contributed by atoms with E-state index in [0.717, 1.165) is 0 Å². The minimum atomic E-state index is -0.804. The number of hydrogen-bond donors (Lipinski definition) is 4. The molecule has 6 heteroatoms. The van der Waals surface area contributed by atoms with E-state index in [-0.39, 0.29) is 0 Å². The molecule has 0 bridgehead atoms. The monoisotopic (exact) mass is 245 g/mol. The predicted molar refractivity (Wildman–Crippen MR) is 65.6 cm³/mol. The van der Waals surface area contributed by atoms with Gasteiger partial charge in [0.1, 0.15) is 0 Å². The lowest BCUT2D eigenvalue weighted by atomic mass is 9.97. The smallest absolute Gasteiger partial charge is 0.321 e. The summed E-state index contributed by atoms with van der Waals surface area (Å²) in [5.41, 5.74) is -0.804. The topological polar surface area (TPSA) is 90.5 Å². The van der Waals surface area contributed by atoms with Gasteiger partial charge in [0, 0.05) is 13.6 Å². The maximum Gasteiger partial charge on any atom is 0.321 e. The van der Waals surface area contributed by atoms with Crippen molar-refractivity contribution in [3.8, 4) is 0 Å². The van der Waals surface area contributed by atoms with Crippen LogP contribution >= 0.6 is 0 Å². The highest BCUT2D eigenvalue weighted by atomic mass is 16.3. The van der Waals surface area contributed by atoms with Crippen molar-refractivity contribution in [3.63, 3.8) is 0 Å². The van der Waals surface area contributed by atoms with Crippen molar-refractivity contribution in [1.82, 2.24) is 16.0 Å². The number of urea groups is 1. The van der Waals surface area contributed by atoms with Gasteiger partial charge in [0.25, 0.3) is 0 Å². The standard InChI is InChI=1S/C11H23N3O3/c1-5-11(17,6-2)7-13-8(3)9(15)14-10(16)12-4/h8,13,17H,5-7H2,1-4H3,(H2,12,14,15,16). The molecule has 0 rings (SSSR count). The van der Waals surface area contributed by atoms with E-state index in [1.807, 2.05) is 13.8 Å². The molecule has 1 atom stereocenters. The lowest BCUT2D eigenvalue weighted by molar-refractivity contribution is -0.121. The second kappa shape index (κ2) is 7.24. The van der Waals surface area contributed by atoms with E-state index in [1.54, 1.807) is 6.92 Å². The average Bonchev–Trinajstić information content (AvgIpc) is 2.35. The number of aliphatic hydroxyl groups is 1. The van der Waals surface area contributed by atoms with Crippen LogP contribution < -0.4 is 16.0 Å². The molecule has 0 aliphatic carbocycles. The number of carbonyl (C=O) groups is 2. The van der Waals surface area contributed by atoms with E-state index >= 15 is 0 Å². The van der Waals surface area contributed by atoms with Gasteiger partial charge in [-0.2, -0.15) is 0 Å². The Balaban J connectivity index is 4.13. The molecule has 0 aromatic rings. The Morgan fingerprint density at radius 1 is 1.29 bits per heavy atom. The van der Waals surface area contributed by atoms with Crippen molar-refractivity contribution in [2.24, 2.45) is 0 Å². The van der Waals surface area contributed by atoms with Gasteiger partial charge in [-0.1, -0.05) is 13.8 Å². The summed E-state index contributed by atoms with van der Waals surface area (Å²) >= 11 is 0. The number of rotatable bonds is 6. The number of nitrogens with one attached hydrogen (secondary N) is 3. The quantitative estimate of drug-likeness (QED) is 0.529. The van der Waals surface area contributed by atoms with E-state index in [0.29, 0.717) is 19.4 Å². The van der Waals surface area contributed by atoms with Gasteiger partial charge in [0.15, 0.2) is 0 Å². The Morgan fingerprint density at radius 2 is 1.82 bits per heavy atom. The minimum Gasteiger partial charge on any atom is -0.389 e. The van der Waals surface area contributed by atoms with E-state index < -0.39 is 23.6 Å². The second-order valence-corrected chi connectivity index (χ2v) is 4.10. The summed E-state index contributed by atoms with van der Waals surface area (Å²) in [5.74, 6) is -0.418. The Labute approximate surface area is 102 Å². The molecule has 0 aromatic heterocycles. The van der Waals surface area contributed by atoms with Gasteiger partial charge in [-0.05, 0) is 19.8 Å². The molecule has 0 fully saturated rings. The molecule has 6 nitrogen and oxygen atoms in total. The zero-order chi connectivity index (χ0) is 13.5. The number of imide groups is 1. The number of hydrogen-bond acceptors (Lipinski definition) is 4. The van der Waals surface area contributed by atoms with Gasteiger partial charge in [-0.25, -0.2) is 4.79 Å². The summed E-state index contributed by atoms with van der Waals surface area (Å²) in [6.07, 6.45) is 1.22. The van der Waals surface area contributed by atoms with Crippen LogP contribution in [0.3, 0.4) is 0 Å². The minimum absolute atomic E-state index is 0.322. The molecule has 4 N–H and O–H groups in total. The summed E-state index contributed by atoms with van der Waals surface area (Å²) in [6.45, 7) is 5.74. The molecule has 0 spiro atoms. The molecule has 0 heterocycles. The van der Waals surface area contributed by atoms with Crippen molar-refractivity contribution < 1.29 is 14.7 Å². The van der Waals surface area contributed by atoms with Crippen molar-refractivity contribution >= 4 is 11.9 Å². The van der Waals surface area contributed by atoms with Gasteiger partial charge < -0.3 is 15.7 Å². The summed E-state index contributed by atoms with van der Waals surface area (Å²) in [5, 5.41) is 17.4. The lowest BCUT2D eigenvalue weighted by Gasteiger charge is -2.27. The third-order valence-corrected chi connectivity index (χ3v) is 2.91. The molecule has 0 aliphatic heterocycles. The van der Waals surface area contributed by atoms with Gasteiger partial charge in [0.05, 0.1) is 11.6 Å². The Hall–Kier alpha value is -1.14. The van der Waals surface area contributed by atoms with Crippen LogP contribution in [-0.4, -0.2) is 42.3 Å². The first-order valence-electron chi connectivity index (χ1n) is 5.86. The van der Waals surface area contributed by atoms with Gasteiger partial charge in [-0.15, -0.1) is 0 Å². The fourth-order valence-corrected chi connectivity index (χ4v) is 1.22. The van der Waals surface area contributed by atoms with Crippen molar-refractivity contribution in [2.45, 2.75) is 45.3 Å². The molecule has 3 amide bonds. The third-order valence-electron chi connectivity index (χ3n) is 2.91. The van der Waals surface area contributed by atoms with E-state index in [9.17, 15) is 14.7 Å². The van der Waals surface area contributed by atoms with Crippen molar-refractivity contribution in [2.75, 3.05) is 13.6 Å². The van der Waals surface area contributed by atoms with Crippen LogP contribution in [0, 0.1) is 0 Å². The van der Waals surface area contributed by atoms with Crippen LogP contribution in [-0.2, 0) is 4.79 Å². The van der Waals surface area contributed by atoms with Crippen LogP contribution in [0.1, 0.15) is 33.6 Å². The van der Waals surface area contributed by atoms with Crippen LogP contribution in [0.5, 0.6) is 0 Å². The SMILES string of the molecule is CCC(O)(CC)CNC(C)C(=O)NC(=O)NC. The Kier molecular flexibility index (Phi) is 6.75. The Morgan fingerprint density at radius 3 is 2.24 bits per heavy atom. The summed E-state index contributed by atoms with van der Waals surface area (Å²) in [6, 6.07) is -1.07. The van der Waals surface area contributed by atoms with E-state index in [4.69, 9.17) is 0 Å². The van der Waals surface area contributed by atoms with Gasteiger partial charge in [0.2, 0.25) is 5.91 Å². The predicted octanol–water partition coefficient (Wildman–Crippen LogP) is -0.0288. The van der Waals surface area contributed by atoms with Crippen LogP contribution in [0.25, 0.3) is 0 Å². The summed E-state index contributed by atoms with van der Waals surface area (Å²) in [7, 11) is 1.44. The third kappa shape index (κ3) is 5.65. The molecule has 0 aliphatic rings. The van der Waals surface area contributed by atoms with Crippen LogP contribution in [0.15, 0.2) is 0 Å². The van der Waals surface area contributed by atoms with E-state index in [2.05, 4.69) is 16.0 Å². The maximum atomic E-state index is 11.5. The fourth-order valence-electron chi connectivity index (χ4n) is 1.22. The molecule has 0 saturated heterocycles. The normalized spacial score (nSPS) is 13.0. The first kappa shape index (κ1) is 15.9. The van der Waals surface area contributed by atoms with Gasteiger partial charge in [-0.3, -0.25) is 10.1 Å². The number of carbonyl (C=O) groups excluding carboxylic acids is 2. The molecule has 0 radical (unpaired) electrons. The van der Waals surface area contributed by atoms with Crippen LogP contribution in [0.4, 0.5) is 4.79 Å². The highest BCUT2D eigenvalue weighted by molar-refractivity contribution is 5.96. The zero-order valence-electron chi connectivity index (χ0n) is 11.0. The summed E-state index contributed by atoms with van der Waals surface area (Å²) < 4.78 is 0. The molecular weight excluding hydrogens is 222 g/mol. The van der Waals surface area contributed by atoms with E-state index in [1.165, 1.54) is 7.05 Å². The average molecular weight is 245 g/mol. The lowest BCUT2D eigenvalue weighted by Crippen LogP contribution is -2.51. The molecule has 17 heavy (non-hydrogen) atoms.